The van der Waals surface area contributed by atoms with Gasteiger partial charge in [0.25, 0.3) is 0 Å². The van der Waals surface area contributed by atoms with Gasteiger partial charge in [0.15, 0.2) is 11.5 Å². The Balaban J connectivity index is 1.08. The van der Waals surface area contributed by atoms with Gasteiger partial charge in [-0.15, -0.1) is 0 Å². The number of hydrogen-bond donors (Lipinski definition) is 1. The summed E-state index contributed by atoms with van der Waals surface area (Å²) < 4.78 is 11.0. The van der Waals surface area contributed by atoms with Crippen LogP contribution in [0.5, 0.6) is 11.5 Å². The number of nitrogens with zero attached hydrogens (tertiary/aromatic N) is 1. The van der Waals surface area contributed by atoms with Crippen molar-refractivity contribution in [3.63, 3.8) is 0 Å². The Kier molecular flexibility index (Phi) is 4.74. The lowest BCUT2D eigenvalue weighted by atomic mass is 9.74. The normalized spacial score (nSPS) is 24.3. The molecule has 3 aromatic carbocycles. The summed E-state index contributed by atoms with van der Waals surface area (Å²) >= 11 is 0. The Morgan fingerprint density at radius 2 is 1.52 bits per heavy atom. The summed E-state index contributed by atoms with van der Waals surface area (Å²) in [5, 5.41) is 3.75. The van der Waals surface area contributed by atoms with Crippen LogP contribution in [0.15, 0.2) is 72.8 Å². The van der Waals surface area contributed by atoms with E-state index < -0.39 is 0 Å². The van der Waals surface area contributed by atoms with Crippen LogP contribution in [-0.2, 0) is 6.54 Å². The highest BCUT2D eigenvalue weighted by Crippen LogP contribution is 2.38. The zero-order valence-corrected chi connectivity index (χ0v) is 17.4. The average Bonchev–Trinajstić information content (AvgIpc) is 3.27. The molecule has 3 fully saturated rings. The quantitative estimate of drug-likeness (QED) is 0.627. The van der Waals surface area contributed by atoms with E-state index >= 15 is 0 Å². The Labute approximate surface area is 183 Å². The highest BCUT2D eigenvalue weighted by atomic mass is 16.7. The van der Waals surface area contributed by atoms with Gasteiger partial charge in [0, 0.05) is 37.6 Å². The van der Waals surface area contributed by atoms with E-state index in [1.807, 2.05) is 12.1 Å². The molecule has 4 aliphatic rings. The summed E-state index contributed by atoms with van der Waals surface area (Å²) in [6.07, 6.45) is 4.36. The largest absolute Gasteiger partial charge is 0.454 e. The number of benzene rings is 3. The molecule has 156 valence electrons. The summed E-state index contributed by atoms with van der Waals surface area (Å²) in [6.45, 7) is 3.44. The molecule has 0 amide bonds. The smallest absolute Gasteiger partial charge is 0.231 e. The zero-order valence-electron chi connectivity index (χ0n) is 17.4. The van der Waals surface area contributed by atoms with Crippen molar-refractivity contribution in [1.82, 2.24) is 10.2 Å². The molecular weight excluding hydrogens is 384 g/mol. The summed E-state index contributed by atoms with van der Waals surface area (Å²) in [6, 6.07) is 26.9. The van der Waals surface area contributed by atoms with E-state index in [0.29, 0.717) is 24.8 Å². The molecule has 4 heterocycles. The topological polar surface area (TPSA) is 33.7 Å². The molecule has 7 rings (SSSR count). The van der Waals surface area contributed by atoms with E-state index in [4.69, 9.17) is 9.47 Å². The summed E-state index contributed by atoms with van der Waals surface area (Å²) in [5.41, 5.74) is 5.21. The van der Waals surface area contributed by atoms with Gasteiger partial charge in [-0.05, 0) is 34.4 Å². The fraction of sp³-hybridized carbons (Fsp3) is 0.259. The number of hydrogen-bond acceptors (Lipinski definition) is 4. The lowest BCUT2D eigenvalue weighted by Gasteiger charge is -2.55. The number of ether oxygens (including phenoxy) is 2. The number of piperazine rings is 1. The van der Waals surface area contributed by atoms with Crippen LogP contribution < -0.4 is 14.8 Å². The van der Waals surface area contributed by atoms with Gasteiger partial charge < -0.3 is 14.8 Å². The minimum Gasteiger partial charge on any atom is -0.454 e. The maximum atomic E-state index is 5.53. The van der Waals surface area contributed by atoms with Crippen molar-refractivity contribution in [1.29, 1.82) is 0 Å². The first-order chi connectivity index (χ1) is 15.3. The maximum absolute atomic E-state index is 5.53. The van der Waals surface area contributed by atoms with Crippen molar-refractivity contribution in [3.8, 4) is 11.5 Å². The van der Waals surface area contributed by atoms with E-state index in [2.05, 4.69) is 83.0 Å². The summed E-state index contributed by atoms with van der Waals surface area (Å²) in [5.74, 6) is 2.34. The second kappa shape index (κ2) is 7.88. The minimum absolute atomic E-state index is 0.332. The summed E-state index contributed by atoms with van der Waals surface area (Å²) in [4.78, 5) is 2.55. The van der Waals surface area contributed by atoms with Gasteiger partial charge in [0.05, 0.1) is 0 Å². The Hall–Kier alpha value is -3.08. The molecule has 4 heteroatoms. The van der Waals surface area contributed by atoms with Gasteiger partial charge in [-0.25, -0.2) is 0 Å². The number of fused-ring (bicyclic) bond motifs is 3. The van der Waals surface area contributed by atoms with Crippen molar-refractivity contribution in [2.45, 2.75) is 24.5 Å². The zero-order chi connectivity index (χ0) is 20.6. The molecule has 3 saturated heterocycles. The second-order valence-electron chi connectivity index (χ2n) is 8.70. The van der Waals surface area contributed by atoms with Crippen molar-refractivity contribution in [2.75, 3.05) is 19.9 Å². The van der Waals surface area contributed by atoms with Gasteiger partial charge in [-0.3, -0.25) is 4.90 Å². The molecule has 3 aromatic rings. The fourth-order valence-corrected chi connectivity index (χ4v) is 5.08. The van der Waals surface area contributed by atoms with E-state index in [9.17, 15) is 0 Å². The molecular formula is C27H26N2O2. The van der Waals surface area contributed by atoms with Gasteiger partial charge in [0.2, 0.25) is 6.79 Å². The highest BCUT2D eigenvalue weighted by molar-refractivity contribution is 5.69. The minimum atomic E-state index is 0.332. The number of rotatable bonds is 5. The third kappa shape index (κ3) is 3.73. The standard InChI is InChI=1S/C27H26N2O2/c1-2-4-19(5-3-1)6-7-20-8-11-22(12-9-20)27-23-16-29(17-24(27)28-23)15-21-10-13-25-26(14-21)31-18-30-25/h1-14,23-24,27-28H,15-18H2/b7-6+/t23-,24+,27?. The van der Waals surface area contributed by atoms with Crippen molar-refractivity contribution in [3.05, 3.63) is 95.1 Å². The van der Waals surface area contributed by atoms with Crippen molar-refractivity contribution >= 4 is 12.2 Å². The molecule has 4 aliphatic heterocycles. The molecule has 0 radical (unpaired) electrons. The van der Waals surface area contributed by atoms with Crippen LogP contribution in [0.2, 0.25) is 0 Å². The lowest BCUT2D eigenvalue weighted by Crippen LogP contribution is -2.71. The van der Waals surface area contributed by atoms with Crippen molar-refractivity contribution in [2.24, 2.45) is 0 Å². The first kappa shape index (κ1) is 18.7. The molecule has 31 heavy (non-hydrogen) atoms. The second-order valence-corrected chi connectivity index (χ2v) is 8.70. The van der Waals surface area contributed by atoms with E-state index in [0.717, 1.165) is 31.1 Å². The number of nitrogens with one attached hydrogen (secondary N) is 1. The third-order valence-electron chi connectivity index (χ3n) is 6.64. The predicted octanol–water partition coefficient (Wildman–Crippen LogP) is 4.53. The maximum Gasteiger partial charge on any atom is 0.231 e. The van der Waals surface area contributed by atoms with Gasteiger partial charge >= 0.3 is 0 Å². The van der Waals surface area contributed by atoms with Crippen LogP contribution in [0.3, 0.4) is 0 Å². The van der Waals surface area contributed by atoms with Gasteiger partial charge in [-0.1, -0.05) is 72.8 Å². The number of piperidine rings is 1. The Bertz CT molecular complexity index is 1080. The molecule has 1 N–H and O–H groups in total. The SMILES string of the molecule is C(=C\c1ccc(C2[C@@H]3CN(Cc4ccc5c(c4)OCO5)C[C@H]2N3)cc1)/c1ccccc1. The van der Waals surface area contributed by atoms with E-state index in [-0.39, 0.29) is 0 Å². The van der Waals surface area contributed by atoms with Crippen LogP contribution in [0.4, 0.5) is 0 Å². The average molecular weight is 411 g/mol. The molecule has 2 bridgehead atoms. The van der Waals surface area contributed by atoms with Crippen LogP contribution >= 0.6 is 0 Å². The first-order valence-corrected chi connectivity index (χ1v) is 11.0. The molecule has 0 saturated carbocycles. The highest BCUT2D eigenvalue weighted by Gasteiger charge is 2.46. The van der Waals surface area contributed by atoms with Gasteiger partial charge in [-0.2, -0.15) is 0 Å². The predicted molar refractivity (Wildman–Crippen MR) is 123 cm³/mol. The van der Waals surface area contributed by atoms with Crippen LogP contribution in [0.1, 0.15) is 28.2 Å². The van der Waals surface area contributed by atoms with Crippen LogP contribution in [-0.4, -0.2) is 36.9 Å². The first-order valence-electron chi connectivity index (χ1n) is 11.0. The fourth-order valence-electron chi connectivity index (χ4n) is 5.08. The van der Waals surface area contributed by atoms with Crippen LogP contribution in [0.25, 0.3) is 12.2 Å². The Morgan fingerprint density at radius 1 is 0.806 bits per heavy atom. The Morgan fingerprint density at radius 3 is 2.29 bits per heavy atom. The molecule has 4 nitrogen and oxygen atoms in total. The van der Waals surface area contributed by atoms with Crippen LogP contribution in [0, 0.1) is 0 Å². The molecule has 0 aromatic heterocycles. The lowest BCUT2D eigenvalue weighted by molar-refractivity contribution is 0.0470. The van der Waals surface area contributed by atoms with Crippen molar-refractivity contribution < 1.29 is 9.47 Å². The molecule has 1 unspecified atom stereocenters. The van der Waals surface area contributed by atoms with E-state index in [1.165, 1.54) is 22.3 Å². The van der Waals surface area contributed by atoms with Gasteiger partial charge in [0.1, 0.15) is 0 Å². The molecule has 0 spiro atoms. The monoisotopic (exact) mass is 410 g/mol. The van der Waals surface area contributed by atoms with E-state index in [1.54, 1.807) is 0 Å². The molecule has 0 aliphatic carbocycles. The summed E-state index contributed by atoms with van der Waals surface area (Å²) in [7, 11) is 0. The third-order valence-corrected chi connectivity index (χ3v) is 6.64. The molecule has 3 atom stereocenters.